The maximum Gasteiger partial charge on any atom is 0.103 e. The molecule has 0 atom stereocenters. The van der Waals surface area contributed by atoms with E-state index in [-0.39, 0.29) is 0 Å². The average Bonchev–Trinajstić information content (AvgIpc) is 2.08. The maximum atomic E-state index is 4.70. The molecular weight excluding hydrogens is 168 g/mol. The van der Waals surface area contributed by atoms with Gasteiger partial charge in [0, 0.05) is 19.5 Å². The van der Waals surface area contributed by atoms with Crippen LogP contribution in [0.3, 0.4) is 0 Å². The molecule has 0 amide bonds. The molecule has 64 valence electrons. The Morgan fingerprint density at radius 1 is 1.25 bits per heavy atom. The SMILES string of the molecule is CNc1c(C)ccc(C)c1N=S. The van der Waals surface area contributed by atoms with Crippen molar-refractivity contribution < 1.29 is 0 Å². The quantitative estimate of drug-likeness (QED) is 0.756. The Morgan fingerprint density at radius 2 is 1.83 bits per heavy atom. The van der Waals surface area contributed by atoms with E-state index in [9.17, 15) is 0 Å². The van der Waals surface area contributed by atoms with Gasteiger partial charge in [-0.2, -0.15) is 4.36 Å². The van der Waals surface area contributed by atoms with Gasteiger partial charge in [0.05, 0.1) is 5.69 Å². The molecule has 2 nitrogen and oxygen atoms in total. The number of aryl methyl sites for hydroxylation is 2. The molecule has 0 spiro atoms. The fourth-order valence-corrected chi connectivity index (χ4v) is 1.46. The van der Waals surface area contributed by atoms with Crippen molar-refractivity contribution in [3.8, 4) is 0 Å². The lowest BCUT2D eigenvalue weighted by molar-refractivity contribution is 1.33. The molecular formula is C9H12N2S. The second-order valence-electron chi connectivity index (χ2n) is 2.76. The van der Waals surface area contributed by atoms with Crippen LogP contribution in [-0.4, -0.2) is 7.05 Å². The molecule has 0 fully saturated rings. The third kappa shape index (κ3) is 1.46. The van der Waals surface area contributed by atoms with Crippen molar-refractivity contribution >= 4 is 23.8 Å². The molecule has 0 radical (unpaired) electrons. The molecule has 3 heteroatoms. The van der Waals surface area contributed by atoms with Crippen LogP contribution in [0.25, 0.3) is 0 Å². The number of rotatable bonds is 2. The van der Waals surface area contributed by atoms with E-state index in [0.717, 1.165) is 16.9 Å². The molecule has 0 bridgehead atoms. The van der Waals surface area contributed by atoms with E-state index in [1.807, 2.05) is 27.0 Å². The Hall–Kier alpha value is -0.960. The van der Waals surface area contributed by atoms with Crippen molar-refractivity contribution in [2.24, 2.45) is 4.36 Å². The Kier molecular flexibility index (Phi) is 2.76. The maximum absolute atomic E-state index is 4.70. The normalized spacial score (nSPS) is 9.58. The first-order valence-electron chi connectivity index (χ1n) is 3.82. The zero-order chi connectivity index (χ0) is 9.14. The molecule has 0 aliphatic rings. The summed E-state index contributed by atoms with van der Waals surface area (Å²) < 4.78 is 3.82. The predicted octanol–water partition coefficient (Wildman–Crippen LogP) is 2.71. The van der Waals surface area contributed by atoms with E-state index in [0.29, 0.717) is 0 Å². The van der Waals surface area contributed by atoms with E-state index >= 15 is 0 Å². The van der Waals surface area contributed by atoms with Gasteiger partial charge in [0.25, 0.3) is 0 Å². The predicted molar refractivity (Wildman–Crippen MR) is 54.9 cm³/mol. The smallest absolute Gasteiger partial charge is 0.103 e. The van der Waals surface area contributed by atoms with Crippen molar-refractivity contribution in [2.75, 3.05) is 12.4 Å². The minimum atomic E-state index is 0.882. The highest BCUT2D eigenvalue weighted by Gasteiger charge is 2.05. The molecule has 0 unspecified atom stereocenters. The van der Waals surface area contributed by atoms with Crippen molar-refractivity contribution in [2.45, 2.75) is 13.8 Å². The third-order valence-electron chi connectivity index (χ3n) is 1.93. The topological polar surface area (TPSA) is 24.4 Å². The minimum absolute atomic E-state index is 0.882. The summed E-state index contributed by atoms with van der Waals surface area (Å²) in [6.45, 7) is 4.04. The van der Waals surface area contributed by atoms with Gasteiger partial charge in [-0.25, -0.2) is 0 Å². The summed E-state index contributed by atoms with van der Waals surface area (Å²) in [7, 11) is 1.88. The van der Waals surface area contributed by atoms with Crippen molar-refractivity contribution in [1.82, 2.24) is 0 Å². The van der Waals surface area contributed by atoms with Gasteiger partial charge in [-0.1, -0.05) is 12.1 Å². The zero-order valence-electron chi connectivity index (χ0n) is 7.51. The molecule has 0 heterocycles. The average molecular weight is 180 g/mol. The summed E-state index contributed by atoms with van der Waals surface area (Å²) in [4.78, 5) is 0. The van der Waals surface area contributed by atoms with E-state index in [2.05, 4.69) is 15.7 Å². The molecule has 0 aliphatic carbocycles. The highest BCUT2D eigenvalue weighted by atomic mass is 32.1. The summed E-state index contributed by atoms with van der Waals surface area (Å²) in [5.41, 5.74) is 4.20. The summed E-state index contributed by atoms with van der Waals surface area (Å²) in [6, 6.07) is 4.09. The zero-order valence-corrected chi connectivity index (χ0v) is 8.33. The lowest BCUT2D eigenvalue weighted by Gasteiger charge is -2.09. The van der Waals surface area contributed by atoms with E-state index in [1.165, 1.54) is 5.56 Å². The van der Waals surface area contributed by atoms with E-state index < -0.39 is 0 Å². The van der Waals surface area contributed by atoms with Gasteiger partial charge >= 0.3 is 0 Å². The summed E-state index contributed by atoms with van der Waals surface area (Å²) in [5.74, 6) is 0. The van der Waals surface area contributed by atoms with Gasteiger partial charge < -0.3 is 5.32 Å². The summed E-state index contributed by atoms with van der Waals surface area (Å²) in [6.07, 6.45) is 0. The third-order valence-corrected chi connectivity index (χ3v) is 2.11. The standard InChI is InChI=1S/C9H12N2S/c1-6-4-5-7(2)9(11-12)8(6)10-3/h4-5,10H,1-3H3. The molecule has 0 saturated heterocycles. The number of hydrogen-bond acceptors (Lipinski definition) is 3. The van der Waals surface area contributed by atoms with Crippen molar-refractivity contribution in [3.05, 3.63) is 23.3 Å². The van der Waals surface area contributed by atoms with Crippen LogP contribution in [0.2, 0.25) is 0 Å². The molecule has 1 N–H and O–H groups in total. The number of nitrogens with zero attached hydrogens (tertiary/aromatic N) is 1. The Bertz CT molecular complexity index is 308. The highest BCUT2D eigenvalue weighted by molar-refractivity contribution is 7.47. The molecule has 0 aliphatic heterocycles. The minimum Gasteiger partial charge on any atom is -0.386 e. The Labute approximate surface area is 78.2 Å². The molecule has 1 aromatic carbocycles. The lowest BCUT2D eigenvalue weighted by Crippen LogP contribution is -1.93. The van der Waals surface area contributed by atoms with Gasteiger partial charge in [-0.05, 0) is 25.0 Å². The molecule has 1 rings (SSSR count). The number of anilines is 1. The van der Waals surface area contributed by atoms with Crippen LogP contribution in [0.4, 0.5) is 11.4 Å². The van der Waals surface area contributed by atoms with Crippen molar-refractivity contribution in [3.63, 3.8) is 0 Å². The van der Waals surface area contributed by atoms with E-state index in [4.69, 9.17) is 12.4 Å². The van der Waals surface area contributed by atoms with Crippen LogP contribution in [0.1, 0.15) is 11.1 Å². The van der Waals surface area contributed by atoms with Gasteiger partial charge in [0.15, 0.2) is 0 Å². The van der Waals surface area contributed by atoms with Gasteiger partial charge in [-0.15, -0.1) is 0 Å². The second-order valence-corrected chi connectivity index (χ2v) is 2.95. The van der Waals surface area contributed by atoms with E-state index in [1.54, 1.807) is 0 Å². The second kappa shape index (κ2) is 3.63. The first-order chi connectivity index (χ1) is 5.70. The number of hydrogen-bond donors (Lipinski definition) is 1. The van der Waals surface area contributed by atoms with Crippen LogP contribution < -0.4 is 5.32 Å². The first-order valence-corrected chi connectivity index (χ1v) is 4.18. The van der Waals surface area contributed by atoms with Crippen molar-refractivity contribution in [1.29, 1.82) is 0 Å². The van der Waals surface area contributed by atoms with Crippen LogP contribution in [-0.2, 0) is 12.4 Å². The fourth-order valence-electron chi connectivity index (χ4n) is 1.23. The molecule has 1 aromatic rings. The molecule has 0 aromatic heterocycles. The molecule has 0 saturated carbocycles. The van der Waals surface area contributed by atoms with Crippen LogP contribution in [0, 0.1) is 13.8 Å². The van der Waals surface area contributed by atoms with Crippen LogP contribution in [0.15, 0.2) is 16.5 Å². The van der Waals surface area contributed by atoms with Crippen LogP contribution >= 0.6 is 0 Å². The summed E-state index contributed by atoms with van der Waals surface area (Å²) in [5, 5.41) is 3.10. The largest absolute Gasteiger partial charge is 0.386 e. The Balaban J connectivity index is 3.38. The van der Waals surface area contributed by atoms with Gasteiger partial charge in [-0.3, -0.25) is 0 Å². The monoisotopic (exact) mass is 180 g/mol. The van der Waals surface area contributed by atoms with Gasteiger partial charge in [0.1, 0.15) is 5.69 Å². The first kappa shape index (κ1) is 9.13. The lowest BCUT2D eigenvalue weighted by atomic mass is 10.1. The Morgan fingerprint density at radius 3 is 2.25 bits per heavy atom. The molecule has 12 heavy (non-hydrogen) atoms. The highest BCUT2D eigenvalue weighted by Crippen LogP contribution is 2.31. The summed E-state index contributed by atoms with van der Waals surface area (Å²) >= 11 is 4.70. The van der Waals surface area contributed by atoms with Crippen LogP contribution in [0.5, 0.6) is 0 Å². The number of benzene rings is 1. The fraction of sp³-hybridized carbons (Fsp3) is 0.333. The van der Waals surface area contributed by atoms with Gasteiger partial charge in [0.2, 0.25) is 0 Å². The number of nitrogens with one attached hydrogen (secondary N) is 1.